The molecular formula is C15H25N3O. The molecule has 19 heavy (non-hydrogen) atoms. The van der Waals surface area contributed by atoms with Gasteiger partial charge in [-0.05, 0) is 33.3 Å². The first kappa shape index (κ1) is 15.3. The van der Waals surface area contributed by atoms with Crippen LogP contribution in [0.3, 0.4) is 0 Å². The van der Waals surface area contributed by atoms with Gasteiger partial charge in [-0.15, -0.1) is 0 Å². The van der Waals surface area contributed by atoms with Crippen molar-refractivity contribution in [3.8, 4) is 5.75 Å². The average Bonchev–Trinajstić information content (AvgIpc) is 2.33. The van der Waals surface area contributed by atoms with E-state index in [-0.39, 0.29) is 5.60 Å². The molecule has 1 aromatic rings. The summed E-state index contributed by atoms with van der Waals surface area (Å²) in [5.41, 5.74) is 6.61. The van der Waals surface area contributed by atoms with Crippen molar-refractivity contribution in [1.29, 1.82) is 0 Å². The van der Waals surface area contributed by atoms with Crippen molar-refractivity contribution < 1.29 is 4.74 Å². The van der Waals surface area contributed by atoms with Crippen molar-refractivity contribution in [3.63, 3.8) is 0 Å². The predicted octanol–water partition coefficient (Wildman–Crippen LogP) is 2.68. The molecule has 0 saturated carbocycles. The van der Waals surface area contributed by atoms with Crippen LogP contribution in [-0.2, 0) is 6.54 Å². The van der Waals surface area contributed by atoms with Gasteiger partial charge in [0, 0.05) is 12.1 Å². The van der Waals surface area contributed by atoms with E-state index in [0.717, 1.165) is 24.3 Å². The molecule has 0 spiro atoms. The lowest BCUT2D eigenvalue weighted by Crippen LogP contribution is -2.32. The summed E-state index contributed by atoms with van der Waals surface area (Å²) in [6.07, 6.45) is 1.03. The number of guanidine groups is 1. The summed E-state index contributed by atoms with van der Waals surface area (Å²) in [4.78, 5) is 4.33. The number of hydrogen-bond donors (Lipinski definition) is 2. The van der Waals surface area contributed by atoms with E-state index in [1.807, 2.05) is 45.0 Å². The van der Waals surface area contributed by atoms with E-state index in [9.17, 15) is 0 Å². The number of rotatable bonds is 5. The second kappa shape index (κ2) is 7.02. The van der Waals surface area contributed by atoms with Crippen LogP contribution in [0.4, 0.5) is 0 Å². The quantitative estimate of drug-likeness (QED) is 0.634. The molecule has 1 aromatic carbocycles. The Morgan fingerprint density at radius 3 is 2.63 bits per heavy atom. The van der Waals surface area contributed by atoms with Crippen molar-refractivity contribution in [3.05, 3.63) is 29.8 Å². The second-order valence-electron chi connectivity index (χ2n) is 5.45. The smallest absolute Gasteiger partial charge is 0.188 e. The summed E-state index contributed by atoms with van der Waals surface area (Å²) in [5.74, 6) is 1.34. The highest BCUT2D eigenvalue weighted by Gasteiger charge is 2.13. The Bertz CT molecular complexity index is 422. The maximum absolute atomic E-state index is 5.92. The van der Waals surface area contributed by atoms with Gasteiger partial charge in [0.05, 0.1) is 6.54 Å². The van der Waals surface area contributed by atoms with Crippen LogP contribution in [0.25, 0.3) is 0 Å². The molecule has 0 amide bonds. The van der Waals surface area contributed by atoms with Gasteiger partial charge in [-0.3, -0.25) is 0 Å². The number of nitrogens with two attached hydrogens (primary N) is 1. The summed E-state index contributed by atoms with van der Waals surface area (Å²) in [5, 5.41) is 3.06. The number of nitrogens with zero attached hydrogens (tertiary/aromatic N) is 1. The van der Waals surface area contributed by atoms with Crippen molar-refractivity contribution >= 4 is 5.96 Å². The topological polar surface area (TPSA) is 59.6 Å². The Labute approximate surface area is 116 Å². The van der Waals surface area contributed by atoms with E-state index in [0.29, 0.717) is 12.5 Å². The zero-order valence-electron chi connectivity index (χ0n) is 12.4. The monoisotopic (exact) mass is 263 g/mol. The fraction of sp³-hybridized carbons (Fsp3) is 0.533. The molecule has 0 atom stereocenters. The van der Waals surface area contributed by atoms with Gasteiger partial charge in [0.1, 0.15) is 11.4 Å². The molecule has 3 N–H and O–H groups in total. The standard InChI is InChI=1S/C15H25N3O/c1-5-10-17-14(16)18-11-12-8-6-7-9-13(12)19-15(2,3)4/h6-9H,5,10-11H2,1-4H3,(H3,16,17,18). The van der Waals surface area contributed by atoms with Crippen LogP contribution in [-0.4, -0.2) is 18.1 Å². The molecule has 0 unspecified atom stereocenters. The zero-order chi connectivity index (χ0) is 14.3. The molecule has 0 aromatic heterocycles. The minimum atomic E-state index is -0.216. The van der Waals surface area contributed by atoms with Gasteiger partial charge in [-0.1, -0.05) is 25.1 Å². The zero-order valence-corrected chi connectivity index (χ0v) is 12.4. The number of hydrogen-bond acceptors (Lipinski definition) is 2. The van der Waals surface area contributed by atoms with E-state index >= 15 is 0 Å². The molecule has 0 bridgehead atoms. The lowest BCUT2D eigenvalue weighted by Gasteiger charge is -2.23. The lowest BCUT2D eigenvalue weighted by atomic mass is 10.1. The van der Waals surface area contributed by atoms with Crippen LogP contribution in [0.1, 0.15) is 39.7 Å². The molecule has 1 rings (SSSR count). The van der Waals surface area contributed by atoms with E-state index < -0.39 is 0 Å². The molecule has 0 fully saturated rings. The van der Waals surface area contributed by atoms with Crippen LogP contribution >= 0.6 is 0 Å². The summed E-state index contributed by atoms with van der Waals surface area (Å²) in [7, 11) is 0. The molecule has 4 heteroatoms. The van der Waals surface area contributed by atoms with E-state index in [2.05, 4.69) is 17.2 Å². The Balaban J connectivity index is 2.73. The van der Waals surface area contributed by atoms with Crippen LogP contribution in [0, 0.1) is 0 Å². The van der Waals surface area contributed by atoms with E-state index in [1.165, 1.54) is 0 Å². The second-order valence-corrected chi connectivity index (χ2v) is 5.45. The predicted molar refractivity (Wildman–Crippen MR) is 80.4 cm³/mol. The van der Waals surface area contributed by atoms with Gasteiger partial charge in [0.15, 0.2) is 5.96 Å². The molecule has 0 heterocycles. The number of para-hydroxylation sites is 1. The summed E-state index contributed by atoms with van der Waals surface area (Å²) in [6, 6.07) is 7.92. The highest BCUT2D eigenvalue weighted by Crippen LogP contribution is 2.23. The first-order valence-corrected chi connectivity index (χ1v) is 6.73. The SMILES string of the molecule is CCCNC(N)=NCc1ccccc1OC(C)(C)C. The maximum atomic E-state index is 5.92. The number of nitrogens with one attached hydrogen (secondary N) is 1. The molecule has 0 aliphatic rings. The summed E-state index contributed by atoms with van der Waals surface area (Å²) in [6.45, 7) is 9.55. The highest BCUT2D eigenvalue weighted by molar-refractivity contribution is 5.77. The lowest BCUT2D eigenvalue weighted by molar-refractivity contribution is 0.129. The third-order valence-corrected chi connectivity index (χ3v) is 2.36. The normalized spacial score (nSPS) is 12.3. The highest BCUT2D eigenvalue weighted by atomic mass is 16.5. The van der Waals surface area contributed by atoms with Gasteiger partial charge in [-0.2, -0.15) is 0 Å². The van der Waals surface area contributed by atoms with Crippen LogP contribution in [0.5, 0.6) is 5.75 Å². The van der Waals surface area contributed by atoms with Crippen molar-refractivity contribution in [2.45, 2.75) is 46.3 Å². The van der Waals surface area contributed by atoms with E-state index in [4.69, 9.17) is 10.5 Å². The first-order valence-electron chi connectivity index (χ1n) is 6.73. The largest absolute Gasteiger partial charge is 0.488 e. The number of benzene rings is 1. The molecule has 0 aliphatic heterocycles. The first-order chi connectivity index (χ1) is 8.92. The van der Waals surface area contributed by atoms with Crippen molar-refractivity contribution in [2.75, 3.05) is 6.54 Å². The molecule has 106 valence electrons. The summed E-state index contributed by atoms with van der Waals surface area (Å²) < 4.78 is 5.92. The van der Waals surface area contributed by atoms with E-state index in [1.54, 1.807) is 0 Å². The summed E-state index contributed by atoms with van der Waals surface area (Å²) >= 11 is 0. The third kappa shape index (κ3) is 6.13. The van der Waals surface area contributed by atoms with Crippen LogP contribution in [0.15, 0.2) is 29.3 Å². The minimum absolute atomic E-state index is 0.216. The maximum Gasteiger partial charge on any atom is 0.188 e. The minimum Gasteiger partial charge on any atom is -0.488 e. The fourth-order valence-corrected chi connectivity index (χ4v) is 1.54. The van der Waals surface area contributed by atoms with Crippen LogP contribution in [0.2, 0.25) is 0 Å². The fourth-order valence-electron chi connectivity index (χ4n) is 1.54. The van der Waals surface area contributed by atoms with Gasteiger partial charge in [-0.25, -0.2) is 4.99 Å². The Kier molecular flexibility index (Phi) is 5.67. The molecular weight excluding hydrogens is 238 g/mol. The Morgan fingerprint density at radius 2 is 2.00 bits per heavy atom. The Hall–Kier alpha value is -1.71. The van der Waals surface area contributed by atoms with Gasteiger partial charge < -0.3 is 15.8 Å². The average molecular weight is 263 g/mol. The van der Waals surface area contributed by atoms with Gasteiger partial charge in [0.25, 0.3) is 0 Å². The van der Waals surface area contributed by atoms with Gasteiger partial charge in [0.2, 0.25) is 0 Å². The molecule has 0 radical (unpaired) electrons. The third-order valence-electron chi connectivity index (χ3n) is 2.36. The van der Waals surface area contributed by atoms with Crippen molar-refractivity contribution in [1.82, 2.24) is 5.32 Å². The van der Waals surface area contributed by atoms with Gasteiger partial charge >= 0.3 is 0 Å². The molecule has 0 saturated heterocycles. The molecule has 4 nitrogen and oxygen atoms in total. The number of ether oxygens (including phenoxy) is 1. The van der Waals surface area contributed by atoms with Crippen molar-refractivity contribution in [2.24, 2.45) is 10.7 Å². The van der Waals surface area contributed by atoms with Crippen LogP contribution < -0.4 is 15.8 Å². The Morgan fingerprint density at radius 1 is 1.32 bits per heavy atom. The molecule has 0 aliphatic carbocycles. The number of aliphatic imine (C=N–C) groups is 1.